The molecule has 1 atom stereocenters. The van der Waals surface area contributed by atoms with Gasteiger partial charge in [-0.15, -0.1) is 27.8 Å². The number of hydrazone groups is 1. The van der Waals surface area contributed by atoms with E-state index in [0.29, 0.717) is 5.16 Å². The van der Waals surface area contributed by atoms with Crippen LogP contribution in [-0.4, -0.2) is 42.6 Å². The summed E-state index contributed by atoms with van der Waals surface area (Å²) in [6.07, 6.45) is 0.721. The summed E-state index contributed by atoms with van der Waals surface area (Å²) in [6, 6.07) is 16.0. The van der Waals surface area contributed by atoms with Gasteiger partial charge in [-0.05, 0) is 57.9 Å². The SMILES string of the molecule is Cc1cccc(-n2nnnc2SCC(=O)N2N=C(c3cccs3)CC2c2cccs2)c1. The van der Waals surface area contributed by atoms with E-state index in [1.54, 1.807) is 32.4 Å². The maximum Gasteiger partial charge on any atom is 0.253 e. The molecule has 0 fully saturated rings. The molecular weight excluding hydrogens is 448 g/mol. The van der Waals surface area contributed by atoms with E-state index in [-0.39, 0.29) is 17.7 Å². The van der Waals surface area contributed by atoms with Crippen molar-refractivity contribution in [2.45, 2.75) is 24.5 Å². The van der Waals surface area contributed by atoms with E-state index in [1.807, 2.05) is 60.1 Å². The molecule has 1 unspecified atom stereocenters. The average molecular weight is 467 g/mol. The summed E-state index contributed by atoms with van der Waals surface area (Å²) < 4.78 is 1.66. The Morgan fingerprint density at radius 1 is 1.16 bits per heavy atom. The summed E-state index contributed by atoms with van der Waals surface area (Å²) >= 11 is 4.62. The van der Waals surface area contributed by atoms with Gasteiger partial charge in [-0.25, -0.2) is 5.01 Å². The number of amides is 1. The molecule has 0 spiro atoms. The zero-order valence-corrected chi connectivity index (χ0v) is 19.0. The van der Waals surface area contributed by atoms with Crippen LogP contribution in [0.15, 0.2) is 69.5 Å². The van der Waals surface area contributed by atoms with Crippen molar-refractivity contribution in [1.82, 2.24) is 25.2 Å². The Morgan fingerprint density at radius 2 is 2.03 bits per heavy atom. The molecule has 0 saturated heterocycles. The molecule has 5 rings (SSSR count). The summed E-state index contributed by atoms with van der Waals surface area (Å²) in [7, 11) is 0. The van der Waals surface area contributed by atoms with E-state index in [2.05, 4.69) is 21.6 Å². The van der Waals surface area contributed by atoms with Crippen molar-refractivity contribution in [2.24, 2.45) is 5.10 Å². The monoisotopic (exact) mass is 466 g/mol. The molecule has 0 bridgehead atoms. The minimum atomic E-state index is -0.0713. The third kappa shape index (κ3) is 4.18. The van der Waals surface area contributed by atoms with Crippen LogP contribution in [0.2, 0.25) is 0 Å². The molecule has 156 valence electrons. The van der Waals surface area contributed by atoms with Gasteiger partial charge in [0.2, 0.25) is 5.16 Å². The Kier molecular flexibility index (Phi) is 5.66. The van der Waals surface area contributed by atoms with Gasteiger partial charge in [-0.3, -0.25) is 4.79 Å². The topological polar surface area (TPSA) is 76.3 Å². The van der Waals surface area contributed by atoms with Crippen molar-refractivity contribution < 1.29 is 4.79 Å². The van der Waals surface area contributed by atoms with Gasteiger partial charge in [0.1, 0.15) is 0 Å². The Balaban J connectivity index is 1.35. The quantitative estimate of drug-likeness (QED) is 0.389. The second-order valence-electron chi connectivity index (χ2n) is 7.00. The number of carbonyl (C=O) groups is 1. The zero-order valence-electron chi connectivity index (χ0n) is 16.6. The molecule has 1 amide bonds. The van der Waals surface area contributed by atoms with Crippen molar-refractivity contribution >= 4 is 46.1 Å². The van der Waals surface area contributed by atoms with E-state index in [9.17, 15) is 4.79 Å². The van der Waals surface area contributed by atoms with Crippen molar-refractivity contribution in [3.63, 3.8) is 0 Å². The van der Waals surface area contributed by atoms with Gasteiger partial charge in [-0.1, -0.05) is 36.0 Å². The Labute approximate surface area is 191 Å². The van der Waals surface area contributed by atoms with Crippen LogP contribution >= 0.6 is 34.4 Å². The van der Waals surface area contributed by atoms with E-state index < -0.39 is 0 Å². The first-order valence-electron chi connectivity index (χ1n) is 9.64. The van der Waals surface area contributed by atoms with Crippen molar-refractivity contribution in [3.8, 4) is 5.69 Å². The van der Waals surface area contributed by atoms with Gasteiger partial charge < -0.3 is 0 Å². The van der Waals surface area contributed by atoms with Crippen LogP contribution in [0.5, 0.6) is 0 Å². The van der Waals surface area contributed by atoms with Gasteiger partial charge in [0.25, 0.3) is 5.91 Å². The summed E-state index contributed by atoms with van der Waals surface area (Å²) in [5, 5.41) is 23.0. The first-order valence-corrected chi connectivity index (χ1v) is 12.4. The highest BCUT2D eigenvalue weighted by Crippen LogP contribution is 2.36. The molecule has 3 aromatic heterocycles. The number of thioether (sulfide) groups is 1. The van der Waals surface area contributed by atoms with E-state index in [4.69, 9.17) is 5.10 Å². The number of benzene rings is 1. The molecule has 1 aliphatic heterocycles. The standard InChI is InChI=1S/C21H18N6OS3/c1-14-5-2-6-15(11-14)26-21(22-24-25-26)31-13-20(28)27-17(19-8-4-10-30-19)12-16(23-27)18-7-3-9-29-18/h2-11,17H,12-13H2,1H3. The molecule has 0 N–H and O–H groups in total. The summed E-state index contributed by atoms with van der Waals surface area (Å²) in [5.74, 6) is 0.142. The number of hydrogen-bond acceptors (Lipinski definition) is 8. The van der Waals surface area contributed by atoms with Crippen LogP contribution in [-0.2, 0) is 4.79 Å². The van der Waals surface area contributed by atoms with Crippen LogP contribution < -0.4 is 0 Å². The lowest BCUT2D eigenvalue weighted by Gasteiger charge is -2.20. The Hall–Kier alpha value is -2.82. The lowest BCUT2D eigenvalue weighted by Crippen LogP contribution is -2.28. The van der Waals surface area contributed by atoms with Gasteiger partial charge in [0, 0.05) is 11.3 Å². The number of carbonyl (C=O) groups excluding carboxylic acids is 1. The molecule has 31 heavy (non-hydrogen) atoms. The number of aromatic nitrogens is 4. The maximum atomic E-state index is 13.2. The number of rotatable bonds is 6. The third-order valence-electron chi connectivity index (χ3n) is 4.85. The number of thiophene rings is 2. The molecule has 0 aliphatic carbocycles. The first kappa shape index (κ1) is 20.1. The molecule has 0 radical (unpaired) electrons. The van der Waals surface area contributed by atoms with Crippen LogP contribution in [0.3, 0.4) is 0 Å². The van der Waals surface area contributed by atoms with Gasteiger partial charge in [0.05, 0.1) is 28.1 Å². The fourth-order valence-electron chi connectivity index (χ4n) is 3.42. The highest BCUT2D eigenvalue weighted by atomic mass is 32.2. The molecule has 7 nitrogen and oxygen atoms in total. The molecule has 0 saturated carbocycles. The number of nitrogens with zero attached hydrogens (tertiary/aromatic N) is 6. The minimum absolute atomic E-state index is 0.0613. The summed E-state index contributed by atoms with van der Waals surface area (Å²) in [5.41, 5.74) is 2.94. The van der Waals surface area contributed by atoms with Gasteiger partial charge >= 0.3 is 0 Å². The highest BCUT2D eigenvalue weighted by molar-refractivity contribution is 7.99. The average Bonchev–Trinajstić information content (AvgIpc) is 3.56. The van der Waals surface area contributed by atoms with Gasteiger partial charge in [-0.2, -0.15) is 9.78 Å². The predicted molar refractivity (Wildman–Crippen MR) is 124 cm³/mol. The van der Waals surface area contributed by atoms with E-state index in [1.165, 1.54) is 11.8 Å². The number of aryl methyl sites for hydroxylation is 1. The second kappa shape index (κ2) is 8.74. The molecule has 10 heteroatoms. The third-order valence-corrected chi connectivity index (χ3v) is 7.65. The maximum absolute atomic E-state index is 13.2. The lowest BCUT2D eigenvalue weighted by molar-refractivity contribution is -0.130. The minimum Gasteiger partial charge on any atom is -0.272 e. The van der Waals surface area contributed by atoms with E-state index >= 15 is 0 Å². The fraction of sp³-hybridized carbons (Fsp3) is 0.190. The van der Waals surface area contributed by atoms with Crippen molar-refractivity contribution in [1.29, 1.82) is 0 Å². The fourth-order valence-corrected chi connectivity index (χ4v) is 5.69. The largest absolute Gasteiger partial charge is 0.272 e. The van der Waals surface area contributed by atoms with Gasteiger partial charge in [0.15, 0.2) is 0 Å². The second-order valence-corrected chi connectivity index (χ2v) is 9.87. The van der Waals surface area contributed by atoms with Crippen molar-refractivity contribution in [3.05, 3.63) is 74.6 Å². The number of hydrogen-bond donors (Lipinski definition) is 0. The highest BCUT2D eigenvalue weighted by Gasteiger charge is 2.34. The summed E-state index contributed by atoms with van der Waals surface area (Å²) in [6.45, 7) is 2.02. The smallest absolute Gasteiger partial charge is 0.253 e. The molecule has 1 aromatic carbocycles. The van der Waals surface area contributed by atoms with Crippen LogP contribution in [0.25, 0.3) is 5.69 Å². The van der Waals surface area contributed by atoms with Crippen LogP contribution in [0.4, 0.5) is 0 Å². The Morgan fingerprint density at radius 3 is 2.81 bits per heavy atom. The van der Waals surface area contributed by atoms with Crippen molar-refractivity contribution in [2.75, 3.05) is 5.75 Å². The van der Waals surface area contributed by atoms with E-state index in [0.717, 1.165) is 33.1 Å². The molecule has 4 aromatic rings. The molecular formula is C21H18N6OS3. The van der Waals surface area contributed by atoms with Crippen LogP contribution in [0.1, 0.15) is 27.8 Å². The molecule has 4 heterocycles. The predicted octanol–water partition coefficient (Wildman–Crippen LogP) is 4.56. The molecule has 1 aliphatic rings. The lowest BCUT2D eigenvalue weighted by atomic mass is 10.1. The zero-order chi connectivity index (χ0) is 21.2. The Bertz CT molecular complexity index is 1220. The number of tetrazole rings is 1. The first-order chi connectivity index (χ1) is 15.2. The normalized spacial score (nSPS) is 16.0. The summed E-state index contributed by atoms with van der Waals surface area (Å²) in [4.78, 5) is 15.4. The van der Waals surface area contributed by atoms with Crippen LogP contribution in [0, 0.1) is 6.92 Å².